The fourth-order valence-corrected chi connectivity index (χ4v) is 1.47. The van der Waals surface area contributed by atoms with Gasteiger partial charge in [-0.1, -0.05) is 54.6 Å². The highest BCUT2D eigenvalue weighted by Gasteiger charge is 1.93. The Kier molecular flexibility index (Phi) is 2.70. The van der Waals surface area contributed by atoms with Gasteiger partial charge in [0.05, 0.1) is 0 Å². The molecule has 14 heavy (non-hydrogen) atoms. The Bertz CT molecular complexity index is 412. The Morgan fingerprint density at radius 3 is 2.21 bits per heavy atom. The molecule has 0 unspecified atom stereocenters. The Morgan fingerprint density at radius 2 is 1.50 bits per heavy atom. The highest BCUT2D eigenvalue weighted by Crippen LogP contribution is 2.27. The molecule has 2 rings (SSSR count). The Labute approximate surface area is 88.5 Å². The number of nitrogens with zero attached hydrogens (tertiary/aromatic N) is 1. The predicted molar refractivity (Wildman–Crippen MR) is 60.8 cm³/mol. The lowest BCUT2D eigenvalue weighted by molar-refractivity contribution is 1.62. The summed E-state index contributed by atoms with van der Waals surface area (Å²) < 4.78 is 0. The molecular formula is C12H9ClN-. The van der Waals surface area contributed by atoms with Crippen LogP contribution >= 0.6 is 11.8 Å². The minimum Gasteiger partial charge on any atom is -0.601 e. The van der Waals surface area contributed by atoms with Gasteiger partial charge in [-0.25, -0.2) is 11.8 Å². The zero-order valence-electron chi connectivity index (χ0n) is 7.52. The summed E-state index contributed by atoms with van der Waals surface area (Å²) in [4.78, 5) is 3.63. The minimum atomic E-state index is 0.785. The molecule has 0 saturated heterocycles. The van der Waals surface area contributed by atoms with E-state index in [0.717, 1.165) is 11.3 Å². The third kappa shape index (κ3) is 1.88. The maximum absolute atomic E-state index is 5.41. The second-order valence-electron chi connectivity index (χ2n) is 3.00. The first kappa shape index (κ1) is 9.10. The molecule has 0 spiro atoms. The minimum absolute atomic E-state index is 0.785. The predicted octanol–water partition coefficient (Wildman–Crippen LogP) is 4.51. The number of rotatable bonds is 2. The van der Waals surface area contributed by atoms with Gasteiger partial charge in [-0.05, 0) is 11.1 Å². The molecule has 0 aliphatic heterocycles. The van der Waals surface area contributed by atoms with Crippen molar-refractivity contribution in [3.63, 3.8) is 0 Å². The van der Waals surface area contributed by atoms with Crippen molar-refractivity contribution in [3.05, 3.63) is 59.4 Å². The van der Waals surface area contributed by atoms with Crippen molar-refractivity contribution in [2.24, 2.45) is 0 Å². The van der Waals surface area contributed by atoms with Crippen LogP contribution in [0.1, 0.15) is 0 Å². The molecule has 0 N–H and O–H groups in total. The summed E-state index contributed by atoms with van der Waals surface area (Å²) in [6, 6.07) is 18.0. The molecule has 0 radical (unpaired) electrons. The van der Waals surface area contributed by atoms with Crippen molar-refractivity contribution >= 4 is 17.5 Å². The Hall–Kier alpha value is -1.47. The van der Waals surface area contributed by atoms with Gasteiger partial charge < -0.3 is 4.84 Å². The summed E-state index contributed by atoms with van der Waals surface area (Å²) in [6.07, 6.45) is 0. The number of hydrogen-bond donors (Lipinski definition) is 0. The van der Waals surface area contributed by atoms with E-state index in [2.05, 4.69) is 17.0 Å². The van der Waals surface area contributed by atoms with Gasteiger partial charge in [0.2, 0.25) is 0 Å². The zero-order valence-corrected chi connectivity index (χ0v) is 8.28. The van der Waals surface area contributed by atoms with Crippen LogP contribution in [0, 0.1) is 0 Å². The molecule has 0 aliphatic carbocycles. The van der Waals surface area contributed by atoms with Gasteiger partial charge in [0, 0.05) is 0 Å². The van der Waals surface area contributed by atoms with Gasteiger partial charge in [0.15, 0.2) is 0 Å². The van der Waals surface area contributed by atoms with E-state index in [4.69, 9.17) is 11.8 Å². The van der Waals surface area contributed by atoms with Crippen molar-refractivity contribution < 1.29 is 0 Å². The van der Waals surface area contributed by atoms with E-state index in [1.807, 2.05) is 42.5 Å². The first-order valence-corrected chi connectivity index (χ1v) is 4.71. The van der Waals surface area contributed by atoms with Crippen LogP contribution < -0.4 is 0 Å². The molecule has 1 nitrogen and oxygen atoms in total. The second-order valence-corrected chi connectivity index (χ2v) is 3.17. The molecule has 0 aliphatic rings. The van der Waals surface area contributed by atoms with Crippen molar-refractivity contribution in [2.75, 3.05) is 0 Å². The smallest absolute Gasteiger partial charge is 0.0184 e. The second kappa shape index (κ2) is 4.16. The average molecular weight is 203 g/mol. The highest BCUT2D eigenvalue weighted by molar-refractivity contribution is 6.28. The Morgan fingerprint density at radius 1 is 0.786 bits per heavy atom. The van der Waals surface area contributed by atoms with Gasteiger partial charge in [-0.2, -0.15) is 0 Å². The van der Waals surface area contributed by atoms with E-state index in [-0.39, 0.29) is 0 Å². The normalized spacial score (nSPS) is 9.79. The zero-order chi connectivity index (χ0) is 9.80. The maximum Gasteiger partial charge on any atom is -0.0184 e. The lowest BCUT2D eigenvalue weighted by Crippen LogP contribution is -1.75. The SMILES string of the molecule is Cl[N-]c1cccc(-c2ccccc2)c1. The van der Waals surface area contributed by atoms with Crippen LogP contribution in [0.2, 0.25) is 0 Å². The molecule has 0 heterocycles. The van der Waals surface area contributed by atoms with Crippen molar-refractivity contribution in [1.29, 1.82) is 0 Å². The molecule has 0 aromatic heterocycles. The summed E-state index contributed by atoms with van der Waals surface area (Å²) in [5.74, 6) is 0. The van der Waals surface area contributed by atoms with E-state index in [0.29, 0.717) is 0 Å². The molecule has 2 aromatic rings. The summed E-state index contributed by atoms with van der Waals surface area (Å²) >= 11 is 5.41. The van der Waals surface area contributed by atoms with Crippen molar-refractivity contribution in [3.8, 4) is 11.1 Å². The first-order valence-electron chi connectivity index (χ1n) is 4.37. The molecule has 2 aromatic carbocycles. The number of hydrogen-bond acceptors (Lipinski definition) is 0. The van der Waals surface area contributed by atoms with Crippen LogP contribution in [0.5, 0.6) is 0 Å². The topological polar surface area (TPSA) is 14.1 Å². The van der Waals surface area contributed by atoms with Crippen molar-refractivity contribution in [2.45, 2.75) is 0 Å². The monoisotopic (exact) mass is 202 g/mol. The van der Waals surface area contributed by atoms with Gasteiger partial charge in [-0.3, -0.25) is 0 Å². The summed E-state index contributed by atoms with van der Waals surface area (Å²) in [7, 11) is 0. The largest absolute Gasteiger partial charge is 0.601 e. The van der Waals surface area contributed by atoms with E-state index in [9.17, 15) is 0 Å². The molecule has 2 heteroatoms. The van der Waals surface area contributed by atoms with Crippen molar-refractivity contribution in [1.82, 2.24) is 0 Å². The number of halogens is 1. The quantitative estimate of drug-likeness (QED) is 0.680. The molecule has 0 bridgehead atoms. The van der Waals surface area contributed by atoms with Crippen LogP contribution in [0.25, 0.3) is 16.0 Å². The van der Waals surface area contributed by atoms with Crippen LogP contribution in [0.3, 0.4) is 0 Å². The van der Waals surface area contributed by atoms with E-state index >= 15 is 0 Å². The molecule has 0 atom stereocenters. The average Bonchev–Trinajstić information content (AvgIpc) is 2.30. The van der Waals surface area contributed by atoms with Gasteiger partial charge in [-0.15, -0.1) is 5.69 Å². The third-order valence-corrected chi connectivity index (χ3v) is 2.25. The van der Waals surface area contributed by atoms with Crippen LogP contribution in [0.4, 0.5) is 5.69 Å². The summed E-state index contributed by atoms with van der Waals surface area (Å²) in [5, 5.41) is 0. The fraction of sp³-hybridized carbons (Fsp3) is 0. The molecule has 0 saturated carbocycles. The lowest BCUT2D eigenvalue weighted by atomic mass is 10.1. The van der Waals surface area contributed by atoms with Gasteiger partial charge >= 0.3 is 0 Å². The highest BCUT2D eigenvalue weighted by atomic mass is 35.5. The first-order chi connectivity index (χ1) is 6.90. The van der Waals surface area contributed by atoms with Crippen LogP contribution in [0.15, 0.2) is 54.6 Å². The van der Waals surface area contributed by atoms with Crippen LogP contribution in [-0.4, -0.2) is 0 Å². The molecule has 0 fully saturated rings. The maximum atomic E-state index is 5.41. The number of benzene rings is 2. The molecule has 70 valence electrons. The third-order valence-electron chi connectivity index (χ3n) is 2.05. The van der Waals surface area contributed by atoms with Crippen LogP contribution in [-0.2, 0) is 0 Å². The molecule has 0 amide bonds. The summed E-state index contributed by atoms with van der Waals surface area (Å²) in [6.45, 7) is 0. The van der Waals surface area contributed by atoms with Gasteiger partial charge in [0.25, 0.3) is 0 Å². The van der Waals surface area contributed by atoms with E-state index in [1.54, 1.807) is 0 Å². The fourth-order valence-electron chi connectivity index (χ4n) is 1.37. The lowest BCUT2D eigenvalue weighted by Gasteiger charge is -2.12. The molecular weight excluding hydrogens is 194 g/mol. The van der Waals surface area contributed by atoms with Gasteiger partial charge in [0.1, 0.15) is 0 Å². The standard InChI is InChI=1S/C12H9ClN/c13-14-12-8-4-7-11(9-12)10-5-2-1-3-6-10/h1-9H/q-1. The Balaban J connectivity index is 2.42. The van der Waals surface area contributed by atoms with E-state index < -0.39 is 0 Å². The van der Waals surface area contributed by atoms with E-state index in [1.165, 1.54) is 5.56 Å². The summed E-state index contributed by atoms with van der Waals surface area (Å²) in [5.41, 5.74) is 3.09.